The molecule has 0 aromatic heterocycles. The molecule has 0 unspecified atom stereocenters. The molecule has 0 bridgehead atoms. The number of hydrazone groups is 1. The third-order valence-corrected chi connectivity index (χ3v) is 5.96. The molecule has 3 aromatic rings. The van der Waals surface area contributed by atoms with Gasteiger partial charge >= 0.3 is 5.97 Å². The van der Waals surface area contributed by atoms with E-state index in [1.165, 1.54) is 37.6 Å². The quantitative estimate of drug-likeness (QED) is 0.124. The molecule has 0 atom stereocenters. The zero-order valence-electron chi connectivity index (χ0n) is 18.2. The molecule has 35 heavy (non-hydrogen) atoms. The summed E-state index contributed by atoms with van der Waals surface area (Å²) in [4.78, 5) is 36.6. The molecule has 3 aromatic carbocycles. The Morgan fingerprint density at radius 1 is 1.00 bits per heavy atom. The first-order valence-corrected chi connectivity index (χ1v) is 11.8. The molecule has 11 heteroatoms. The van der Waals surface area contributed by atoms with Gasteiger partial charge in [-0.1, -0.05) is 35.3 Å². The van der Waals surface area contributed by atoms with E-state index in [2.05, 4.69) is 15.8 Å². The minimum Gasteiger partial charge on any atom is -0.493 e. The summed E-state index contributed by atoms with van der Waals surface area (Å²) in [5, 5.41) is 6.97. The van der Waals surface area contributed by atoms with E-state index in [4.69, 9.17) is 32.7 Å². The largest absolute Gasteiger partial charge is 0.493 e. The Morgan fingerprint density at radius 3 is 2.49 bits per heavy atom. The van der Waals surface area contributed by atoms with Crippen molar-refractivity contribution >= 4 is 69.8 Å². The Kier molecular flexibility index (Phi) is 9.47. The lowest BCUT2D eigenvalue weighted by atomic mass is 10.2. The molecule has 0 spiro atoms. The van der Waals surface area contributed by atoms with Crippen molar-refractivity contribution < 1.29 is 23.9 Å². The lowest BCUT2D eigenvalue weighted by Gasteiger charge is -2.10. The van der Waals surface area contributed by atoms with Crippen LogP contribution in [0.15, 0.2) is 65.8 Å². The van der Waals surface area contributed by atoms with Crippen LogP contribution < -0.4 is 20.2 Å². The van der Waals surface area contributed by atoms with Crippen molar-refractivity contribution in [3.05, 3.63) is 91.0 Å². The highest BCUT2D eigenvalue weighted by atomic mass is 127. The van der Waals surface area contributed by atoms with Gasteiger partial charge < -0.3 is 14.8 Å². The number of nitrogens with one attached hydrogen (secondary N) is 2. The molecule has 0 saturated carbocycles. The summed E-state index contributed by atoms with van der Waals surface area (Å²) in [6.45, 7) is -0.243. The fourth-order valence-corrected chi connectivity index (χ4v) is 3.90. The van der Waals surface area contributed by atoms with Crippen LogP contribution >= 0.6 is 45.8 Å². The van der Waals surface area contributed by atoms with Gasteiger partial charge in [0.1, 0.15) is 0 Å². The summed E-state index contributed by atoms with van der Waals surface area (Å²) >= 11 is 14.0. The topological polar surface area (TPSA) is 106 Å². The molecule has 0 saturated heterocycles. The third kappa shape index (κ3) is 7.41. The number of carbonyl (C=O) groups excluding carboxylic acids is 3. The van der Waals surface area contributed by atoms with Gasteiger partial charge in [-0.25, -0.2) is 10.2 Å². The van der Waals surface area contributed by atoms with Crippen LogP contribution in [-0.4, -0.2) is 37.7 Å². The van der Waals surface area contributed by atoms with Crippen molar-refractivity contribution in [1.82, 2.24) is 10.7 Å². The molecule has 0 aliphatic heterocycles. The fraction of sp³-hybridized carbons (Fsp3) is 0.0833. The molecule has 180 valence electrons. The molecule has 2 amide bonds. The summed E-state index contributed by atoms with van der Waals surface area (Å²) in [6, 6.07) is 16.2. The van der Waals surface area contributed by atoms with Crippen LogP contribution in [0.3, 0.4) is 0 Å². The summed E-state index contributed by atoms with van der Waals surface area (Å²) in [5.41, 5.74) is 3.53. The van der Waals surface area contributed by atoms with Gasteiger partial charge in [-0.3, -0.25) is 9.59 Å². The van der Waals surface area contributed by atoms with E-state index in [0.717, 1.165) is 3.57 Å². The number of benzene rings is 3. The number of nitrogens with zero attached hydrogens (tertiary/aromatic N) is 1. The average molecular weight is 626 g/mol. The maximum absolute atomic E-state index is 12.5. The lowest BCUT2D eigenvalue weighted by molar-refractivity contribution is -0.120. The normalized spacial score (nSPS) is 10.6. The van der Waals surface area contributed by atoms with Gasteiger partial charge in [-0.2, -0.15) is 5.10 Å². The molecule has 0 fully saturated rings. The number of halogens is 3. The number of ether oxygens (including phenoxy) is 2. The zero-order chi connectivity index (χ0) is 25.4. The molecule has 0 aliphatic rings. The van der Waals surface area contributed by atoms with Gasteiger partial charge in [0.05, 0.1) is 36.0 Å². The molecule has 0 aliphatic carbocycles. The van der Waals surface area contributed by atoms with E-state index in [-0.39, 0.29) is 34.5 Å². The monoisotopic (exact) mass is 625 g/mol. The van der Waals surface area contributed by atoms with Crippen molar-refractivity contribution in [3.8, 4) is 11.5 Å². The molecular weight excluding hydrogens is 608 g/mol. The van der Waals surface area contributed by atoms with E-state index >= 15 is 0 Å². The Labute approximate surface area is 224 Å². The second-order valence-electron chi connectivity index (χ2n) is 6.88. The highest BCUT2D eigenvalue weighted by molar-refractivity contribution is 14.1. The van der Waals surface area contributed by atoms with E-state index in [0.29, 0.717) is 16.1 Å². The Hall–Kier alpha value is -3.15. The van der Waals surface area contributed by atoms with E-state index in [1.807, 2.05) is 28.7 Å². The van der Waals surface area contributed by atoms with Crippen molar-refractivity contribution in [2.45, 2.75) is 0 Å². The van der Waals surface area contributed by atoms with Gasteiger partial charge in [-0.05, 0) is 76.7 Å². The van der Waals surface area contributed by atoms with Crippen LogP contribution in [-0.2, 0) is 4.79 Å². The second-order valence-corrected chi connectivity index (χ2v) is 8.89. The first kappa shape index (κ1) is 26.5. The number of rotatable bonds is 8. The van der Waals surface area contributed by atoms with Crippen LogP contribution in [0.25, 0.3) is 0 Å². The summed E-state index contributed by atoms with van der Waals surface area (Å²) in [6.07, 6.45) is 1.38. The van der Waals surface area contributed by atoms with Crippen LogP contribution in [0, 0.1) is 3.57 Å². The van der Waals surface area contributed by atoms with Gasteiger partial charge in [0.15, 0.2) is 11.5 Å². The maximum Gasteiger partial charge on any atom is 0.345 e. The number of hydrogen-bond donors (Lipinski definition) is 2. The fourth-order valence-electron chi connectivity index (χ4n) is 2.78. The molecule has 0 radical (unpaired) electrons. The number of esters is 1. The smallest absolute Gasteiger partial charge is 0.345 e. The van der Waals surface area contributed by atoms with Gasteiger partial charge in [0.2, 0.25) is 0 Å². The first-order valence-electron chi connectivity index (χ1n) is 9.98. The SMILES string of the molecule is COc1cc(/C=N/NC(=O)CNC(=O)c2ccccc2I)ccc1OC(=O)c1ccc(Cl)cc1Cl. The van der Waals surface area contributed by atoms with E-state index in [9.17, 15) is 14.4 Å². The highest BCUT2D eigenvalue weighted by Gasteiger charge is 2.16. The summed E-state index contributed by atoms with van der Waals surface area (Å²) in [7, 11) is 1.42. The zero-order valence-corrected chi connectivity index (χ0v) is 21.8. The molecule has 8 nitrogen and oxygen atoms in total. The predicted molar refractivity (Wildman–Crippen MR) is 142 cm³/mol. The minimum absolute atomic E-state index is 0.153. The second kappa shape index (κ2) is 12.5. The standard InChI is InChI=1S/C24H18Cl2IN3O5/c1-34-21-10-14(6-9-20(21)35-24(33)16-8-7-15(25)11-18(16)26)12-29-30-22(31)13-28-23(32)17-4-2-3-5-19(17)27/h2-12H,13H2,1H3,(H,28,32)(H,30,31)/b29-12+. The van der Waals surface area contributed by atoms with Crippen molar-refractivity contribution in [2.24, 2.45) is 5.10 Å². The number of amides is 2. The number of methoxy groups -OCH3 is 1. The summed E-state index contributed by atoms with van der Waals surface area (Å²) in [5.74, 6) is -1.10. The van der Waals surface area contributed by atoms with Gasteiger partial charge in [-0.15, -0.1) is 0 Å². The van der Waals surface area contributed by atoms with Gasteiger partial charge in [0.25, 0.3) is 11.8 Å². The van der Waals surface area contributed by atoms with Crippen LogP contribution in [0.4, 0.5) is 0 Å². The van der Waals surface area contributed by atoms with Crippen molar-refractivity contribution in [2.75, 3.05) is 13.7 Å². The molecular formula is C24H18Cl2IN3O5. The van der Waals surface area contributed by atoms with Gasteiger partial charge in [0, 0.05) is 8.59 Å². The third-order valence-electron chi connectivity index (χ3n) is 4.47. The van der Waals surface area contributed by atoms with Crippen molar-refractivity contribution in [1.29, 1.82) is 0 Å². The maximum atomic E-state index is 12.5. The number of hydrogen-bond acceptors (Lipinski definition) is 6. The Balaban J connectivity index is 1.57. The Morgan fingerprint density at radius 2 is 1.77 bits per heavy atom. The lowest BCUT2D eigenvalue weighted by Crippen LogP contribution is -2.35. The van der Waals surface area contributed by atoms with Crippen LogP contribution in [0.1, 0.15) is 26.3 Å². The van der Waals surface area contributed by atoms with E-state index < -0.39 is 11.9 Å². The van der Waals surface area contributed by atoms with Crippen LogP contribution in [0.5, 0.6) is 11.5 Å². The molecule has 2 N–H and O–H groups in total. The number of carbonyl (C=O) groups is 3. The molecule has 3 rings (SSSR count). The van der Waals surface area contributed by atoms with Crippen LogP contribution in [0.2, 0.25) is 10.0 Å². The predicted octanol–water partition coefficient (Wildman–Crippen LogP) is 4.71. The highest BCUT2D eigenvalue weighted by Crippen LogP contribution is 2.30. The average Bonchev–Trinajstić information content (AvgIpc) is 2.83. The van der Waals surface area contributed by atoms with E-state index in [1.54, 1.807) is 30.3 Å². The first-order chi connectivity index (χ1) is 16.8. The Bertz CT molecular complexity index is 1300. The minimum atomic E-state index is -0.675. The van der Waals surface area contributed by atoms with Crippen molar-refractivity contribution in [3.63, 3.8) is 0 Å². The molecule has 0 heterocycles. The summed E-state index contributed by atoms with van der Waals surface area (Å²) < 4.78 is 11.5.